The summed E-state index contributed by atoms with van der Waals surface area (Å²) >= 11 is 1.48. The zero-order valence-electron chi connectivity index (χ0n) is 12.2. The van der Waals surface area contributed by atoms with Crippen LogP contribution in [0.2, 0.25) is 0 Å². The number of nitrogens with zero attached hydrogens (tertiary/aromatic N) is 1. The van der Waals surface area contributed by atoms with Crippen LogP contribution in [-0.2, 0) is 0 Å². The number of nitrogen functional groups attached to an aromatic ring is 1. The number of aromatic nitrogens is 1. The van der Waals surface area contributed by atoms with Crippen LogP contribution in [0, 0.1) is 0 Å². The van der Waals surface area contributed by atoms with Gasteiger partial charge in [0.15, 0.2) is 5.78 Å². The first-order chi connectivity index (χ1) is 10.1. The van der Waals surface area contributed by atoms with E-state index in [2.05, 4.69) is 17.2 Å². The van der Waals surface area contributed by atoms with Gasteiger partial charge in [0, 0.05) is 24.9 Å². The fraction of sp³-hybridized carbons (Fsp3) is 0.375. The standard InChI is InChI=1S/C16H19N3OS/c1-9(12-4-3-7-18-8-12)19-16-13(11-5-6-11)14(17)15(21-16)10(2)20/h3-4,7-9,11,19H,5-6,17H2,1-2H3. The third-order valence-electron chi connectivity index (χ3n) is 3.82. The number of rotatable bonds is 5. The van der Waals surface area contributed by atoms with E-state index in [0.717, 1.165) is 29.0 Å². The van der Waals surface area contributed by atoms with Crippen molar-refractivity contribution in [1.82, 2.24) is 4.98 Å². The van der Waals surface area contributed by atoms with Crippen molar-refractivity contribution < 1.29 is 4.79 Å². The van der Waals surface area contributed by atoms with E-state index in [-0.39, 0.29) is 11.8 Å². The molecule has 21 heavy (non-hydrogen) atoms. The highest BCUT2D eigenvalue weighted by atomic mass is 32.1. The van der Waals surface area contributed by atoms with Gasteiger partial charge in [-0.05, 0) is 37.3 Å². The number of anilines is 2. The van der Waals surface area contributed by atoms with Crippen molar-refractivity contribution >= 4 is 27.8 Å². The average molecular weight is 301 g/mol. The Morgan fingerprint density at radius 1 is 1.52 bits per heavy atom. The lowest BCUT2D eigenvalue weighted by Crippen LogP contribution is -2.07. The number of nitrogens with one attached hydrogen (secondary N) is 1. The van der Waals surface area contributed by atoms with E-state index in [1.807, 2.05) is 18.3 Å². The zero-order chi connectivity index (χ0) is 15.0. The first-order valence-corrected chi connectivity index (χ1v) is 7.99. The highest BCUT2D eigenvalue weighted by Crippen LogP contribution is 2.51. The number of pyridine rings is 1. The molecule has 0 amide bonds. The van der Waals surface area contributed by atoms with E-state index < -0.39 is 0 Å². The third-order valence-corrected chi connectivity index (χ3v) is 5.07. The molecule has 1 unspecified atom stereocenters. The first-order valence-electron chi connectivity index (χ1n) is 7.17. The van der Waals surface area contributed by atoms with Crippen molar-refractivity contribution in [3.63, 3.8) is 0 Å². The molecule has 3 N–H and O–H groups in total. The van der Waals surface area contributed by atoms with E-state index in [4.69, 9.17) is 5.73 Å². The van der Waals surface area contributed by atoms with Gasteiger partial charge in [0.1, 0.15) is 0 Å². The van der Waals surface area contributed by atoms with Crippen molar-refractivity contribution in [1.29, 1.82) is 0 Å². The van der Waals surface area contributed by atoms with Gasteiger partial charge in [-0.2, -0.15) is 0 Å². The Balaban J connectivity index is 1.91. The Kier molecular flexibility index (Phi) is 3.68. The summed E-state index contributed by atoms with van der Waals surface area (Å²) in [7, 11) is 0. The third kappa shape index (κ3) is 2.78. The number of thiophene rings is 1. The normalized spacial score (nSPS) is 15.7. The number of ketones is 1. The van der Waals surface area contributed by atoms with Gasteiger partial charge in [0.25, 0.3) is 0 Å². The monoisotopic (exact) mass is 301 g/mol. The summed E-state index contributed by atoms with van der Waals surface area (Å²) in [5, 5.41) is 4.55. The lowest BCUT2D eigenvalue weighted by Gasteiger charge is -2.15. The van der Waals surface area contributed by atoms with Crippen molar-refractivity contribution in [2.24, 2.45) is 0 Å². The number of carbonyl (C=O) groups excluding carboxylic acids is 1. The van der Waals surface area contributed by atoms with Crippen molar-refractivity contribution in [3.05, 3.63) is 40.5 Å². The van der Waals surface area contributed by atoms with Crippen molar-refractivity contribution in [3.8, 4) is 0 Å². The minimum atomic E-state index is 0.0430. The maximum absolute atomic E-state index is 11.7. The predicted molar refractivity (Wildman–Crippen MR) is 87.0 cm³/mol. The van der Waals surface area contributed by atoms with E-state index in [1.165, 1.54) is 11.3 Å². The first kappa shape index (κ1) is 14.1. The molecule has 1 aliphatic rings. The summed E-state index contributed by atoms with van der Waals surface area (Å²) in [4.78, 5) is 16.6. The molecule has 5 heteroatoms. The Morgan fingerprint density at radius 3 is 2.86 bits per heavy atom. The molecule has 1 saturated carbocycles. The van der Waals surface area contributed by atoms with Crippen LogP contribution < -0.4 is 11.1 Å². The van der Waals surface area contributed by atoms with Gasteiger partial charge in [0.05, 0.1) is 21.6 Å². The minimum absolute atomic E-state index is 0.0430. The summed E-state index contributed by atoms with van der Waals surface area (Å²) in [6.07, 6.45) is 5.95. The van der Waals surface area contributed by atoms with Crippen LogP contribution in [-0.4, -0.2) is 10.8 Å². The fourth-order valence-electron chi connectivity index (χ4n) is 2.51. The Bertz CT molecular complexity index is 662. The van der Waals surface area contributed by atoms with Crippen molar-refractivity contribution in [2.75, 3.05) is 11.1 Å². The molecule has 0 spiro atoms. The molecule has 1 aliphatic carbocycles. The van der Waals surface area contributed by atoms with Crippen LogP contribution in [0.25, 0.3) is 0 Å². The van der Waals surface area contributed by atoms with Gasteiger partial charge in [0.2, 0.25) is 0 Å². The van der Waals surface area contributed by atoms with Gasteiger partial charge >= 0.3 is 0 Å². The molecule has 1 atom stereocenters. The zero-order valence-corrected chi connectivity index (χ0v) is 13.0. The smallest absolute Gasteiger partial charge is 0.171 e. The Morgan fingerprint density at radius 2 is 2.29 bits per heavy atom. The average Bonchev–Trinajstić information content (AvgIpc) is 3.24. The molecule has 2 aromatic heterocycles. The molecular formula is C16H19N3OS. The molecule has 0 aromatic carbocycles. The Labute approximate surface area is 128 Å². The van der Waals surface area contributed by atoms with Gasteiger partial charge in [-0.3, -0.25) is 9.78 Å². The molecule has 2 aromatic rings. The molecular weight excluding hydrogens is 282 g/mol. The predicted octanol–water partition coefficient (Wildman–Crippen LogP) is 3.98. The summed E-state index contributed by atoms with van der Waals surface area (Å²) < 4.78 is 0. The molecule has 0 aliphatic heterocycles. The summed E-state index contributed by atoms with van der Waals surface area (Å²) in [5.41, 5.74) is 9.14. The van der Waals surface area contributed by atoms with Gasteiger partial charge < -0.3 is 11.1 Å². The molecule has 110 valence electrons. The summed E-state index contributed by atoms with van der Waals surface area (Å²) in [6.45, 7) is 3.67. The van der Waals surface area contributed by atoms with Crippen LogP contribution in [0.1, 0.15) is 59.4 Å². The largest absolute Gasteiger partial charge is 0.397 e. The second-order valence-electron chi connectivity index (χ2n) is 5.57. The quantitative estimate of drug-likeness (QED) is 0.820. The maximum Gasteiger partial charge on any atom is 0.171 e. The number of Topliss-reactive ketones (excluding diaryl/α,β-unsaturated/α-hetero) is 1. The SMILES string of the molecule is CC(=O)c1sc(NC(C)c2cccnc2)c(C2CC2)c1N. The van der Waals surface area contributed by atoms with E-state index >= 15 is 0 Å². The topological polar surface area (TPSA) is 68.0 Å². The van der Waals surface area contributed by atoms with E-state index in [9.17, 15) is 4.79 Å². The minimum Gasteiger partial charge on any atom is -0.397 e. The van der Waals surface area contributed by atoms with Crippen LogP contribution in [0.15, 0.2) is 24.5 Å². The number of carbonyl (C=O) groups is 1. The lowest BCUT2D eigenvalue weighted by molar-refractivity contribution is 0.102. The Hall–Kier alpha value is -1.88. The molecule has 2 heterocycles. The summed E-state index contributed by atoms with van der Waals surface area (Å²) in [6, 6.07) is 4.11. The second-order valence-corrected chi connectivity index (χ2v) is 6.59. The highest BCUT2D eigenvalue weighted by molar-refractivity contribution is 7.18. The van der Waals surface area contributed by atoms with Crippen LogP contribution >= 0.6 is 11.3 Å². The van der Waals surface area contributed by atoms with E-state index in [1.54, 1.807) is 13.1 Å². The molecule has 1 fully saturated rings. The maximum atomic E-state index is 11.7. The van der Waals surface area contributed by atoms with Crippen molar-refractivity contribution in [2.45, 2.75) is 38.6 Å². The van der Waals surface area contributed by atoms with Crippen LogP contribution in [0.3, 0.4) is 0 Å². The number of nitrogens with two attached hydrogens (primary N) is 1. The van der Waals surface area contributed by atoms with Crippen LogP contribution in [0.4, 0.5) is 10.7 Å². The van der Waals surface area contributed by atoms with Gasteiger partial charge in [-0.15, -0.1) is 11.3 Å². The molecule has 4 nitrogen and oxygen atoms in total. The van der Waals surface area contributed by atoms with Gasteiger partial charge in [-0.25, -0.2) is 0 Å². The fourth-order valence-corrected chi connectivity index (χ4v) is 3.70. The van der Waals surface area contributed by atoms with Crippen LogP contribution in [0.5, 0.6) is 0 Å². The van der Waals surface area contributed by atoms with Gasteiger partial charge in [-0.1, -0.05) is 6.07 Å². The molecule has 0 saturated heterocycles. The lowest BCUT2D eigenvalue weighted by atomic mass is 10.1. The van der Waals surface area contributed by atoms with E-state index in [0.29, 0.717) is 16.5 Å². The number of hydrogen-bond donors (Lipinski definition) is 2. The number of hydrogen-bond acceptors (Lipinski definition) is 5. The summed E-state index contributed by atoms with van der Waals surface area (Å²) in [5.74, 6) is 0.555. The molecule has 0 radical (unpaired) electrons. The molecule has 3 rings (SSSR count). The second kappa shape index (κ2) is 5.48. The highest BCUT2D eigenvalue weighted by Gasteiger charge is 2.32. The molecule has 0 bridgehead atoms.